The van der Waals surface area contributed by atoms with Gasteiger partial charge in [0.15, 0.2) is 0 Å². The van der Waals surface area contributed by atoms with E-state index in [2.05, 4.69) is 54.3 Å². The van der Waals surface area contributed by atoms with E-state index in [1.54, 1.807) is 0 Å². The number of hydrogen-bond donors (Lipinski definition) is 2. The maximum Gasteiger partial charge on any atom is 0.224 e. The molecule has 132 valence electrons. The molecule has 1 aliphatic carbocycles. The van der Waals surface area contributed by atoms with Crippen molar-refractivity contribution < 1.29 is 4.79 Å². The van der Waals surface area contributed by atoms with Crippen LogP contribution in [0.2, 0.25) is 0 Å². The number of para-hydroxylation sites is 1. The van der Waals surface area contributed by atoms with Crippen molar-refractivity contribution >= 4 is 16.8 Å². The second-order valence-electron chi connectivity index (χ2n) is 8.82. The number of rotatable bonds is 3. The van der Waals surface area contributed by atoms with E-state index < -0.39 is 5.54 Å². The summed E-state index contributed by atoms with van der Waals surface area (Å²) in [4.78, 5) is 12.9. The normalized spacial score (nSPS) is 30.4. The van der Waals surface area contributed by atoms with Crippen molar-refractivity contribution in [2.24, 2.45) is 17.3 Å². The first-order valence-electron chi connectivity index (χ1n) is 9.43. The molecule has 3 heterocycles. The van der Waals surface area contributed by atoms with E-state index in [1.807, 2.05) is 0 Å². The second-order valence-corrected chi connectivity index (χ2v) is 8.82. The number of aryl methyl sites for hydroxylation is 2. The molecule has 1 aromatic carbocycles. The van der Waals surface area contributed by atoms with Gasteiger partial charge in [-0.2, -0.15) is 5.10 Å². The highest BCUT2D eigenvalue weighted by atomic mass is 16.2. The molecular formula is C20H26N4O. The minimum Gasteiger partial charge on any atom is -0.345 e. The van der Waals surface area contributed by atoms with Gasteiger partial charge >= 0.3 is 0 Å². The van der Waals surface area contributed by atoms with Crippen LogP contribution in [0, 0.1) is 17.3 Å². The highest BCUT2D eigenvalue weighted by molar-refractivity contribution is 5.88. The Kier molecular flexibility index (Phi) is 2.98. The third-order valence-corrected chi connectivity index (χ3v) is 6.70. The lowest BCUT2D eigenvalue weighted by Crippen LogP contribution is -2.44. The van der Waals surface area contributed by atoms with Crippen LogP contribution in [-0.4, -0.2) is 28.8 Å². The molecule has 2 aromatic rings. The molecule has 5 rings (SSSR count). The van der Waals surface area contributed by atoms with Gasteiger partial charge in [0.05, 0.1) is 16.7 Å². The summed E-state index contributed by atoms with van der Waals surface area (Å²) in [6.45, 7) is 9.29. The zero-order valence-electron chi connectivity index (χ0n) is 15.2. The van der Waals surface area contributed by atoms with Gasteiger partial charge < -0.3 is 10.6 Å². The summed E-state index contributed by atoms with van der Waals surface area (Å²) in [5, 5.41) is 12.8. The van der Waals surface area contributed by atoms with E-state index in [1.165, 1.54) is 16.5 Å². The van der Waals surface area contributed by atoms with Crippen molar-refractivity contribution in [1.29, 1.82) is 0 Å². The average Bonchev–Trinajstić information content (AvgIpc) is 2.87. The van der Waals surface area contributed by atoms with Gasteiger partial charge in [0, 0.05) is 24.4 Å². The summed E-state index contributed by atoms with van der Waals surface area (Å²) >= 11 is 0. The largest absolute Gasteiger partial charge is 0.345 e. The van der Waals surface area contributed by atoms with Crippen LogP contribution in [-0.2, 0) is 23.3 Å². The fourth-order valence-corrected chi connectivity index (χ4v) is 5.23. The third kappa shape index (κ3) is 2.05. The van der Waals surface area contributed by atoms with Crippen LogP contribution in [0.5, 0.6) is 0 Å². The average molecular weight is 338 g/mol. The molecule has 0 unspecified atom stereocenters. The number of amides is 1. The first-order valence-corrected chi connectivity index (χ1v) is 9.43. The molecule has 2 aliphatic heterocycles. The number of carbonyl (C=O) groups is 1. The number of piperidine rings is 1. The Hall–Kier alpha value is -1.88. The lowest BCUT2D eigenvalue weighted by Gasteiger charge is -2.26. The second kappa shape index (κ2) is 4.85. The summed E-state index contributed by atoms with van der Waals surface area (Å²) in [5.74, 6) is 0.826. The number of fused-ring (bicyclic) bond motifs is 1. The zero-order chi connectivity index (χ0) is 17.4. The van der Waals surface area contributed by atoms with Crippen molar-refractivity contribution in [3.05, 3.63) is 29.5 Å². The van der Waals surface area contributed by atoms with Gasteiger partial charge in [-0.25, -0.2) is 0 Å². The summed E-state index contributed by atoms with van der Waals surface area (Å²) in [6, 6.07) is 6.47. The van der Waals surface area contributed by atoms with Gasteiger partial charge in [-0.1, -0.05) is 25.1 Å². The fourth-order valence-electron chi connectivity index (χ4n) is 5.23. The molecular weight excluding hydrogens is 312 g/mol. The molecule has 25 heavy (non-hydrogen) atoms. The van der Waals surface area contributed by atoms with Crippen LogP contribution in [0.1, 0.15) is 38.4 Å². The van der Waals surface area contributed by atoms with Crippen molar-refractivity contribution in [2.45, 2.75) is 45.7 Å². The quantitative estimate of drug-likeness (QED) is 0.902. The topological polar surface area (TPSA) is 59.0 Å². The molecule has 1 saturated heterocycles. The van der Waals surface area contributed by atoms with Crippen LogP contribution in [0.15, 0.2) is 18.2 Å². The maximum absolute atomic E-state index is 12.9. The van der Waals surface area contributed by atoms with Crippen molar-refractivity contribution in [3.8, 4) is 0 Å². The Bertz CT molecular complexity index is 883. The van der Waals surface area contributed by atoms with Crippen LogP contribution in [0.4, 0.5) is 0 Å². The zero-order valence-corrected chi connectivity index (χ0v) is 15.2. The van der Waals surface area contributed by atoms with E-state index in [-0.39, 0.29) is 17.2 Å². The summed E-state index contributed by atoms with van der Waals surface area (Å²) < 4.78 is 2.13. The van der Waals surface area contributed by atoms with Gasteiger partial charge in [-0.15, -0.1) is 0 Å². The van der Waals surface area contributed by atoms with E-state index in [9.17, 15) is 4.79 Å². The molecule has 0 radical (unpaired) electrons. The van der Waals surface area contributed by atoms with E-state index in [0.717, 1.165) is 38.2 Å². The first-order chi connectivity index (χ1) is 11.9. The van der Waals surface area contributed by atoms with Gasteiger partial charge in [-0.3, -0.25) is 9.48 Å². The van der Waals surface area contributed by atoms with Crippen LogP contribution in [0.3, 0.4) is 0 Å². The summed E-state index contributed by atoms with van der Waals surface area (Å²) in [7, 11) is 0. The summed E-state index contributed by atoms with van der Waals surface area (Å²) in [5.41, 5.74) is 3.31. The molecule has 0 bridgehead atoms. The molecule has 3 aliphatic rings. The van der Waals surface area contributed by atoms with Crippen molar-refractivity contribution in [1.82, 2.24) is 20.4 Å². The molecule has 1 amide bonds. The van der Waals surface area contributed by atoms with E-state index in [0.29, 0.717) is 5.92 Å². The number of benzene rings is 1. The Balaban J connectivity index is 1.48. The Morgan fingerprint density at radius 2 is 2.28 bits per heavy atom. The molecule has 1 saturated carbocycles. The number of nitrogens with zero attached hydrogens (tertiary/aromatic N) is 2. The van der Waals surface area contributed by atoms with Crippen molar-refractivity contribution in [2.75, 3.05) is 13.1 Å². The van der Waals surface area contributed by atoms with Crippen LogP contribution >= 0.6 is 0 Å². The third-order valence-electron chi connectivity index (χ3n) is 6.70. The SMILES string of the molecule is CC(C)(NC(=O)[C@@H]1[C@H]2CNC[C@]21C)c1nn2c3c(cccc13)CCC2. The van der Waals surface area contributed by atoms with E-state index in [4.69, 9.17) is 5.10 Å². The first kappa shape index (κ1) is 15.4. The molecule has 0 spiro atoms. The summed E-state index contributed by atoms with van der Waals surface area (Å²) in [6.07, 6.45) is 2.25. The molecule has 1 aromatic heterocycles. The lowest BCUT2D eigenvalue weighted by molar-refractivity contribution is -0.125. The minimum absolute atomic E-state index is 0.146. The number of carbonyl (C=O) groups excluding carboxylic acids is 1. The highest BCUT2D eigenvalue weighted by Crippen LogP contribution is 2.60. The monoisotopic (exact) mass is 338 g/mol. The van der Waals surface area contributed by atoms with Gasteiger partial charge in [-0.05, 0) is 50.1 Å². The number of aromatic nitrogens is 2. The maximum atomic E-state index is 12.9. The van der Waals surface area contributed by atoms with Crippen LogP contribution < -0.4 is 10.6 Å². The van der Waals surface area contributed by atoms with Gasteiger partial charge in [0.2, 0.25) is 5.91 Å². The van der Waals surface area contributed by atoms with E-state index >= 15 is 0 Å². The molecule has 2 fully saturated rings. The fraction of sp³-hybridized carbons (Fsp3) is 0.600. The van der Waals surface area contributed by atoms with Crippen molar-refractivity contribution in [3.63, 3.8) is 0 Å². The molecule has 5 nitrogen and oxygen atoms in total. The predicted molar refractivity (Wildman–Crippen MR) is 97.2 cm³/mol. The Morgan fingerprint density at radius 3 is 3.04 bits per heavy atom. The Morgan fingerprint density at radius 1 is 1.44 bits per heavy atom. The molecule has 3 atom stereocenters. The van der Waals surface area contributed by atoms with Crippen LogP contribution in [0.25, 0.3) is 10.9 Å². The minimum atomic E-state index is -0.468. The molecule has 5 heteroatoms. The Labute approximate surface area is 148 Å². The molecule has 2 N–H and O–H groups in total. The highest BCUT2D eigenvalue weighted by Gasteiger charge is 2.67. The predicted octanol–water partition coefficient (Wildman–Crippen LogP) is 2.19. The van der Waals surface area contributed by atoms with Gasteiger partial charge in [0.25, 0.3) is 0 Å². The van der Waals surface area contributed by atoms with Gasteiger partial charge in [0.1, 0.15) is 0 Å². The number of nitrogens with one attached hydrogen (secondary N) is 2. The number of hydrogen-bond acceptors (Lipinski definition) is 3. The smallest absolute Gasteiger partial charge is 0.224 e. The standard InChI is InChI=1S/C20H26N4O/c1-19(2,22-18(25)15-14-10-21-11-20(14,15)3)17-13-8-4-6-12-7-5-9-24(23-17)16(12)13/h4,6,8,14-15,21H,5,7,9-11H2,1-3H3,(H,22,25)/t14-,15+,20-/m1/s1. The lowest BCUT2D eigenvalue weighted by atomic mass is 9.94.